The van der Waals surface area contributed by atoms with Gasteiger partial charge in [0.1, 0.15) is 0 Å². The average Bonchev–Trinajstić information content (AvgIpc) is 2.43. The molecule has 4 heteroatoms. The van der Waals surface area contributed by atoms with Crippen molar-refractivity contribution in [3.05, 3.63) is 12.1 Å². The van der Waals surface area contributed by atoms with E-state index in [9.17, 15) is 0 Å². The number of ether oxygens (including phenoxy) is 3. The van der Waals surface area contributed by atoms with Crippen LogP contribution in [0.1, 0.15) is 20.3 Å². The molecule has 1 aromatic rings. The Labute approximate surface area is 109 Å². The van der Waals surface area contributed by atoms with Gasteiger partial charge >= 0.3 is 0 Å². The first-order valence-corrected chi connectivity index (χ1v) is 6.20. The monoisotopic (exact) mass is 253 g/mol. The van der Waals surface area contributed by atoms with Crippen molar-refractivity contribution in [3.8, 4) is 17.2 Å². The third-order valence-corrected chi connectivity index (χ3v) is 3.02. The van der Waals surface area contributed by atoms with Crippen LogP contribution in [0, 0.1) is 5.92 Å². The molecule has 0 spiro atoms. The largest absolute Gasteiger partial charge is 0.493 e. The lowest BCUT2D eigenvalue weighted by Gasteiger charge is -2.16. The van der Waals surface area contributed by atoms with Crippen molar-refractivity contribution in [1.29, 1.82) is 0 Å². The molecule has 1 rings (SSSR count). The van der Waals surface area contributed by atoms with E-state index in [2.05, 4.69) is 19.2 Å². The van der Waals surface area contributed by atoms with Gasteiger partial charge in [-0.2, -0.15) is 0 Å². The van der Waals surface area contributed by atoms with E-state index in [1.807, 2.05) is 12.1 Å². The minimum atomic E-state index is 0.620. The van der Waals surface area contributed by atoms with E-state index in [4.69, 9.17) is 14.2 Å². The molecule has 0 saturated heterocycles. The number of anilines is 1. The van der Waals surface area contributed by atoms with E-state index in [-0.39, 0.29) is 0 Å². The predicted molar refractivity (Wildman–Crippen MR) is 74.0 cm³/mol. The molecule has 0 aliphatic heterocycles. The maximum absolute atomic E-state index is 5.31. The number of rotatable bonds is 7. The summed E-state index contributed by atoms with van der Waals surface area (Å²) in [6, 6.07) is 3.84. The first-order valence-electron chi connectivity index (χ1n) is 6.20. The van der Waals surface area contributed by atoms with Gasteiger partial charge in [0.05, 0.1) is 21.3 Å². The van der Waals surface area contributed by atoms with Gasteiger partial charge in [0.15, 0.2) is 11.5 Å². The predicted octanol–water partition coefficient (Wildman–Crippen LogP) is 3.17. The zero-order chi connectivity index (χ0) is 13.5. The fourth-order valence-electron chi connectivity index (χ4n) is 1.62. The summed E-state index contributed by atoms with van der Waals surface area (Å²) in [6.07, 6.45) is 1.15. The Morgan fingerprint density at radius 1 is 1.06 bits per heavy atom. The Kier molecular flexibility index (Phi) is 5.62. The number of nitrogens with one attached hydrogen (secondary N) is 1. The second-order valence-corrected chi connectivity index (χ2v) is 4.31. The molecule has 18 heavy (non-hydrogen) atoms. The van der Waals surface area contributed by atoms with E-state index >= 15 is 0 Å². The van der Waals surface area contributed by atoms with Crippen LogP contribution < -0.4 is 19.5 Å². The summed E-state index contributed by atoms with van der Waals surface area (Å²) in [5.41, 5.74) is 0.977. The minimum Gasteiger partial charge on any atom is -0.493 e. The van der Waals surface area contributed by atoms with Gasteiger partial charge in [0.2, 0.25) is 5.75 Å². The highest BCUT2D eigenvalue weighted by Crippen LogP contribution is 2.39. The van der Waals surface area contributed by atoms with Crippen LogP contribution in [0.15, 0.2) is 12.1 Å². The molecule has 0 fully saturated rings. The zero-order valence-corrected chi connectivity index (χ0v) is 11.9. The van der Waals surface area contributed by atoms with E-state index in [1.165, 1.54) is 0 Å². The fourth-order valence-corrected chi connectivity index (χ4v) is 1.62. The fraction of sp³-hybridized carbons (Fsp3) is 0.571. The summed E-state index contributed by atoms with van der Waals surface area (Å²) in [7, 11) is 4.85. The van der Waals surface area contributed by atoms with Crippen LogP contribution in [0.5, 0.6) is 17.2 Å². The highest BCUT2D eigenvalue weighted by atomic mass is 16.5. The maximum Gasteiger partial charge on any atom is 0.203 e. The average molecular weight is 253 g/mol. The van der Waals surface area contributed by atoms with Crippen molar-refractivity contribution < 1.29 is 14.2 Å². The Morgan fingerprint density at radius 2 is 1.61 bits per heavy atom. The van der Waals surface area contributed by atoms with Crippen LogP contribution in [-0.4, -0.2) is 27.9 Å². The van der Waals surface area contributed by atoms with E-state index < -0.39 is 0 Å². The van der Waals surface area contributed by atoms with Crippen molar-refractivity contribution in [1.82, 2.24) is 0 Å². The molecule has 0 aliphatic carbocycles. The van der Waals surface area contributed by atoms with Crippen molar-refractivity contribution in [2.24, 2.45) is 5.92 Å². The molecule has 0 amide bonds. The Bertz CT molecular complexity index is 354. The van der Waals surface area contributed by atoms with Crippen molar-refractivity contribution in [2.45, 2.75) is 20.3 Å². The molecule has 1 aromatic carbocycles. The summed E-state index contributed by atoms with van der Waals surface area (Å²) in [5, 5.41) is 3.38. The summed E-state index contributed by atoms with van der Waals surface area (Å²) in [4.78, 5) is 0. The van der Waals surface area contributed by atoms with Crippen molar-refractivity contribution in [2.75, 3.05) is 33.2 Å². The van der Waals surface area contributed by atoms with Crippen molar-refractivity contribution >= 4 is 5.69 Å². The smallest absolute Gasteiger partial charge is 0.203 e. The topological polar surface area (TPSA) is 39.7 Å². The Hall–Kier alpha value is -1.58. The molecule has 4 nitrogen and oxygen atoms in total. The number of hydrogen-bond donors (Lipinski definition) is 1. The van der Waals surface area contributed by atoms with E-state index in [0.717, 1.165) is 18.7 Å². The van der Waals surface area contributed by atoms with Gasteiger partial charge in [0.25, 0.3) is 0 Å². The molecule has 0 bridgehead atoms. The molecular formula is C14H23NO3. The number of hydrogen-bond acceptors (Lipinski definition) is 4. The third-order valence-electron chi connectivity index (χ3n) is 3.02. The van der Waals surface area contributed by atoms with E-state index in [1.54, 1.807) is 21.3 Å². The highest BCUT2D eigenvalue weighted by Gasteiger charge is 2.13. The second-order valence-electron chi connectivity index (χ2n) is 4.31. The standard InChI is InChI=1S/C14H23NO3/c1-6-10(2)9-15-11-7-12(16-3)14(18-5)13(8-11)17-4/h7-8,10,15H,6,9H2,1-5H3. The normalized spacial score (nSPS) is 11.8. The van der Waals surface area contributed by atoms with Gasteiger partial charge in [-0.05, 0) is 5.92 Å². The first kappa shape index (κ1) is 14.5. The van der Waals surface area contributed by atoms with Crippen LogP contribution in [-0.2, 0) is 0 Å². The highest BCUT2D eigenvalue weighted by molar-refractivity contribution is 5.62. The summed E-state index contributed by atoms with van der Waals surface area (Å²) < 4.78 is 15.9. The molecule has 0 radical (unpaired) electrons. The molecule has 102 valence electrons. The molecular weight excluding hydrogens is 230 g/mol. The van der Waals surface area contributed by atoms with Gasteiger partial charge in [0, 0.05) is 24.4 Å². The van der Waals surface area contributed by atoms with Crippen LogP contribution in [0.4, 0.5) is 5.69 Å². The number of benzene rings is 1. The molecule has 1 N–H and O–H groups in total. The summed E-state index contributed by atoms with van der Waals surface area (Å²) in [5.74, 6) is 2.59. The van der Waals surface area contributed by atoms with Gasteiger partial charge in [-0.25, -0.2) is 0 Å². The molecule has 0 aromatic heterocycles. The molecule has 1 atom stereocenters. The van der Waals surface area contributed by atoms with Gasteiger partial charge in [-0.1, -0.05) is 20.3 Å². The lowest BCUT2D eigenvalue weighted by atomic mass is 10.1. The van der Waals surface area contributed by atoms with Gasteiger partial charge in [-0.3, -0.25) is 0 Å². The third kappa shape index (κ3) is 3.45. The SMILES string of the molecule is CCC(C)CNc1cc(OC)c(OC)c(OC)c1. The molecule has 0 heterocycles. The number of methoxy groups -OCH3 is 3. The lowest BCUT2D eigenvalue weighted by molar-refractivity contribution is 0.324. The van der Waals surface area contributed by atoms with Crippen molar-refractivity contribution in [3.63, 3.8) is 0 Å². The zero-order valence-electron chi connectivity index (χ0n) is 11.9. The summed E-state index contributed by atoms with van der Waals surface area (Å²) in [6.45, 7) is 5.32. The van der Waals surface area contributed by atoms with Crippen LogP contribution >= 0.6 is 0 Å². The van der Waals surface area contributed by atoms with Crippen LogP contribution in [0.3, 0.4) is 0 Å². The minimum absolute atomic E-state index is 0.620. The lowest BCUT2D eigenvalue weighted by Crippen LogP contribution is -2.10. The molecule has 1 unspecified atom stereocenters. The first-order chi connectivity index (χ1) is 8.65. The van der Waals surface area contributed by atoms with E-state index in [0.29, 0.717) is 23.2 Å². The van der Waals surface area contributed by atoms with Gasteiger partial charge in [-0.15, -0.1) is 0 Å². The van der Waals surface area contributed by atoms with Gasteiger partial charge < -0.3 is 19.5 Å². The Morgan fingerprint density at radius 3 is 2.00 bits per heavy atom. The van der Waals surface area contributed by atoms with Crippen LogP contribution in [0.25, 0.3) is 0 Å². The van der Waals surface area contributed by atoms with Crippen LogP contribution in [0.2, 0.25) is 0 Å². The quantitative estimate of drug-likeness (QED) is 0.810. The second kappa shape index (κ2) is 6.99. The maximum atomic E-state index is 5.31. The molecule has 0 saturated carbocycles. The summed E-state index contributed by atoms with van der Waals surface area (Å²) >= 11 is 0. The molecule has 0 aliphatic rings. The Balaban J connectivity index is 2.93.